The molecular formula is C18H17N3O3. The van der Waals surface area contributed by atoms with Crippen LogP contribution >= 0.6 is 0 Å². The number of hydrogen-bond acceptors (Lipinski definition) is 5. The summed E-state index contributed by atoms with van der Waals surface area (Å²) in [5.41, 5.74) is 0.806. The Bertz CT molecular complexity index is 813. The maximum atomic E-state index is 11.1. The molecule has 1 unspecified atom stereocenters. The summed E-state index contributed by atoms with van der Waals surface area (Å²) in [6.07, 6.45) is 0. The number of benzene rings is 2. The van der Waals surface area contributed by atoms with Gasteiger partial charge in [0.1, 0.15) is 17.5 Å². The van der Waals surface area contributed by atoms with Crippen molar-refractivity contribution in [2.75, 3.05) is 0 Å². The minimum absolute atomic E-state index is 0.148. The summed E-state index contributed by atoms with van der Waals surface area (Å²) in [7, 11) is 0. The number of carbonyl (C=O) groups is 1. The van der Waals surface area contributed by atoms with Crippen LogP contribution in [0.5, 0.6) is 11.5 Å². The maximum absolute atomic E-state index is 11.1. The maximum Gasteiger partial charge on any atom is 0.249 e. The third kappa shape index (κ3) is 3.78. The summed E-state index contributed by atoms with van der Waals surface area (Å²) in [4.78, 5) is 15.4. The van der Waals surface area contributed by atoms with Crippen molar-refractivity contribution >= 4 is 5.91 Å². The molecule has 1 amide bonds. The molecule has 0 spiro atoms. The molecule has 1 heterocycles. The van der Waals surface area contributed by atoms with Crippen molar-refractivity contribution in [3.8, 4) is 22.9 Å². The third-order valence-corrected chi connectivity index (χ3v) is 3.32. The highest BCUT2D eigenvalue weighted by atomic mass is 16.5. The van der Waals surface area contributed by atoms with Crippen LogP contribution in [0.1, 0.15) is 25.8 Å². The van der Waals surface area contributed by atoms with Crippen molar-refractivity contribution in [2.24, 2.45) is 0 Å². The van der Waals surface area contributed by atoms with Crippen LogP contribution in [0.3, 0.4) is 0 Å². The van der Waals surface area contributed by atoms with Crippen molar-refractivity contribution in [1.82, 2.24) is 15.5 Å². The van der Waals surface area contributed by atoms with Gasteiger partial charge in [-0.2, -0.15) is 4.98 Å². The molecule has 2 aromatic carbocycles. The summed E-state index contributed by atoms with van der Waals surface area (Å²) in [6.45, 7) is 3.23. The van der Waals surface area contributed by atoms with Gasteiger partial charge in [-0.25, -0.2) is 0 Å². The van der Waals surface area contributed by atoms with E-state index in [1.807, 2.05) is 54.6 Å². The van der Waals surface area contributed by atoms with Crippen molar-refractivity contribution < 1.29 is 14.1 Å². The first-order valence-corrected chi connectivity index (χ1v) is 7.56. The van der Waals surface area contributed by atoms with Crippen molar-refractivity contribution in [3.05, 3.63) is 60.5 Å². The van der Waals surface area contributed by atoms with E-state index in [-0.39, 0.29) is 11.9 Å². The lowest BCUT2D eigenvalue weighted by Crippen LogP contribution is -2.23. The highest BCUT2D eigenvalue weighted by Gasteiger charge is 2.15. The van der Waals surface area contributed by atoms with Gasteiger partial charge in [-0.1, -0.05) is 23.4 Å². The minimum Gasteiger partial charge on any atom is -0.457 e. The molecule has 3 rings (SSSR count). The van der Waals surface area contributed by atoms with Crippen molar-refractivity contribution in [2.45, 2.75) is 19.9 Å². The highest BCUT2D eigenvalue weighted by molar-refractivity contribution is 5.73. The largest absolute Gasteiger partial charge is 0.457 e. The van der Waals surface area contributed by atoms with Crippen LogP contribution in [0.15, 0.2) is 59.1 Å². The molecule has 0 saturated heterocycles. The number of para-hydroxylation sites is 1. The first-order valence-electron chi connectivity index (χ1n) is 7.56. The molecule has 1 aromatic heterocycles. The zero-order valence-electron chi connectivity index (χ0n) is 13.4. The summed E-state index contributed by atoms with van der Waals surface area (Å²) in [5, 5.41) is 6.66. The molecular weight excluding hydrogens is 306 g/mol. The molecule has 0 radical (unpaired) electrons. The molecule has 0 saturated carbocycles. The van der Waals surface area contributed by atoms with Gasteiger partial charge in [-0.3, -0.25) is 4.79 Å². The van der Waals surface area contributed by atoms with Gasteiger partial charge in [-0.15, -0.1) is 0 Å². The van der Waals surface area contributed by atoms with E-state index in [1.165, 1.54) is 6.92 Å². The Hall–Kier alpha value is -3.15. The molecule has 3 aromatic rings. The summed E-state index contributed by atoms with van der Waals surface area (Å²) >= 11 is 0. The molecule has 0 bridgehead atoms. The topological polar surface area (TPSA) is 77.2 Å². The fraction of sp³-hybridized carbons (Fsp3) is 0.167. The Kier molecular flexibility index (Phi) is 4.56. The van der Waals surface area contributed by atoms with Crippen LogP contribution in [-0.2, 0) is 4.79 Å². The second kappa shape index (κ2) is 6.95. The van der Waals surface area contributed by atoms with E-state index >= 15 is 0 Å². The summed E-state index contributed by atoms with van der Waals surface area (Å²) in [6, 6.07) is 16.6. The van der Waals surface area contributed by atoms with Gasteiger partial charge in [0.05, 0.1) is 0 Å². The number of hydrogen-bond donors (Lipinski definition) is 1. The van der Waals surface area contributed by atoms with Crippen LogP contribution in [-0.4, -0.2) is 16.0 Å². The van der Waals surface area contributed by atoms with Gasteiger partial charge in [0.2, 0.25) is 17.6 Å². The van der Waals surface area contributed by atoms with Gasteiger partial charge >= 0.3 is 0 Å². The van der Waals surface area contributed by atoms with E-state index in [1.54, 1.807) is 6.92 Å². The predicted octanol–water partition coefficient (Wildman–Crippen LogP) is 3.73. The number of ether oxygens (including phenoxy) is 1. The Morgan fingerprint density at radius 1 is 1.08 bits per heavy atom. The molecule has 0 aliphatic rings. The molecule has 122 valence electrons. The lowest BCUT2D eigenvalue weighted by Gasteiger charge is -2.06. The number of nitrogens with zero attached hydrogens (tertiary/aromatic N) is 2. The second-order valence-corrected chi connectivity index (χ2v) is 5.32. The van der Waals surface area contributed by atoms with Crippen LogP contribution in [0, 0.1) is 0 Å². The van der Waals surface area contributed by atoms with Crippen LogP contribution in [0.4, 0.5) is 0 Å². The monoisotopic (exact) mass is 323 g/mol. The van der Waals surface area contributed by atoms with E-state index in [2.05, 4.69) is 15.5 Å². The predicted molar refractivity (Wildman–Crippen MR) is 88.5 cm³/mol. The van der Waals surface area contributed by atoms with Crippen molar-refractivity contribution in [3.63, 3.8) is 0 Å². The Labute approximate surface area is 139 Å². The Morgan fingerprint density at radius 3 is 2.42 bits per heavy atom. The van der Waals surface area contributed by atoms with Gasteiger partial charge in [-0.05, 0) is 43.3 Å². The smallest absolute Gasteiger partial charge is 0.249 e. The first-order chi connectivity index (χ1) is 11.6. The van der Waals surface area contributed by atoms with Gasteiger partial charge in [0.15, 0.2) is 0 Å². The van der Waals surface area contributed by atoms with E-state index in [4.69, 9.17) is 9.26 Å². The van der Waals surface area contributed by atoms with E-state index < -0.39 is 0 Å². The fourth-order valence-corrected chi connectivity index (χ4v) is 2.19. The zero-order valence-corrected chi connectivity index (χ0v) is 13.4. The summed E-state index contributed by atoms with van der Waals surface area (Å²) in [5.74, 6) is 2.18. The quantitative estimate of drug-likeness (QED) is 0.774. The Morgan fingerprint density at radius 2 is 1.75 bits per heavy atom. The molecule has 1 atom stereocenters. The SMILES string of the molecule is CC(=O)NC(C)c1nc(-c2ccc(Oc3ccccc3)cc2)no1. The van der Waals surface area contributed by atoms with Gasteiger partial charge < -0.3 is 14.6 Å². The lowest BCUT2D eigenvalue weighted by atomic mass is 10.2. The first kappa shape index (κ1) is 15.7. The number of amides is 1. The summed E-state index contributed by atoms with van der Waals surface area (Å²) < 4.78 is 10.9. The number of carbonyl (C=O) groups excluding carboxylic acids is 1. The Balaban J connectivity index is 1.72. The average Bonchev–Trinajstić information content (AvgIpc) is 3.06. The van der Waals surface area contributed by atoms with Gasteiger partial charge in [0, 0.05) is 12.5 Å². The standard InChI is InChI=1S/C18H17N3O3/c1-12(19-13(2)22)18-20-17(21-24-18)14-8-10-16(11-9-14)23-15-6-4-3-5-7-15/h3-12H,1-2H3,(H,19,22). The van der Waals surface area contributed by atoms with Crippen molar-refractivity contribution in [1.29, 1.82) is 0 Å². The highest BCUT2D eigenvalue weighted by Crippen LogP contribution is 2.25. The molecule has 6 nitrogen and oxygen atoms in total. The van der Waals surface area contributed by atoms with E-state index in [0.717, 1.165) is 17.1 Å². The average molecular weight is 323 g/mol. The van der Waals surface area contributed by atoms with Gasteiger partial charge in [0.25, 0.3) is 0 Å². The molecule has 0 fully saturated rings. The number of aromatic nitrogens is 2. The van der Waals surface area contributed by atoms with E-state index in [0.29, 0.717) is 11.7 Å². The molecule has 0 aliphatic carbocycles. The molecule has 24 heavy (non-hydrogen) atoms. The number of rotatable bonds is 5. The van der Waals surface area contributed by atoms with Crippen LogP contribution < -0.4 is 10.1 Å². The van der Waals surface area contributed by atoms with Crippen LogP contribution in [0.2, 0.25) is 0 Å². The molecule has 6 heteroatoms. The fourth-order valence-electron chi connectivity index (χ4n) is 2.19. The minimum atomic E-state index is -0.329. The number of nitrogens with one attached hydrogen (secondary N) is 1. The van der Waals surface area contributed by atoms with Crippen LogP contribution in [0.25, 0.3) is 11.4 Å². The normalized spacial score (nSPS) is 11.8. The lowest BCUT2D eigenvalue weighted by molar-refractivity contribution is -0.119. The van der Waals surface area contributed by atoms with E-state index in [9.17, 15) is 4.79 Å². The molecule has 0 aliphatic heterocycles. The second-order valence-electron chi connectivity index (χ2n) is 5.32. The third-order valence-electron chi connectivity index (χ3n) is 3.32. The zero-order chi connectivity index (χ0) is 16.9. The molecule has 1 N–H and O–H groups in total.